The molecule has 0 aliphatic carbocycles. The molecule has 1 heterocycles. The molecule has 0 atom stereocenters. The number of hydrogen-bond donors (Lipinski definition) is 1. The Kier molecular flexibility index (Phi) is 4.24. The molecule has 0 spiro atoms. The van der Waals surface area contributed by atoms with Gasteiger partial charge in [0.15, 0.2) is 0 Å². The standard InChI is InChI=1S/C11H15ClN2O3S/c12-11-2-1-10(7-9(11)8-13)18(15,16)14-3-5-17-6-4-14/h1-2,7H,3-6,8,13H2. The monoisotopic (exact) mass is 290 g/mol. The van der Waals surface area contributed by atoms with Crippen LogP contribution in [-0.4, -0.2) is 39.0 Å². The zero-order valence-electron chi connectivity index (χ0n) is 9.80. The fraction of sp³-hybridized carbons (Fsp3) is 0.455. The highest BCUT2D eigenvalue weighted by Crippen LogP contribution is 2.23. The highest BCUT2D eigenvalue weighted by atomic mass is 35.5. The number of sulfonamides is 1. The van der Waals surface area contributed by atoms with Crippen molar-refractivity contribution in [3.63, 3.8) is 0 Å². The predicted octanol–water partition coefficient (Wildman–Crippen LogP) is 0.820. The van der Waals surface area contributed by atoms with Crippen LogP contribution in [0.5, 0.6) is 0 Å². The first-order valence-corrected chi connectivity index (χ1v) is 7.44. The molecule has 1 aromatic carbocycles. The lowest BCUT2D eigenvalue weighted by molar-refractivity contribution is 0.0730. The number of hydrogen-bond acceptors (Lipinski definition) is 4. The highest BCUT2D eigenvalue weighted by Gasteiger charge is 2.26. The Balaban J connectivity index is 2.34. The van der Waals surface area contributed by atoms with Gasteiger partial charge in [-0.3, -0.25) is 0 Å². The molecule has 0 saturated carbocycles. The van der Waals surface area contributed by atoms with Crippen molar-refractivity contribution in [1.29, 1.82) is 0 Å². The van der Waals surface area contributed by atoms with Crippen LogP contribution in [0.3, 0.4) is 0 Å². The van der Waals surface area contributed by atoms with Crippen LogP contribution in [0.4, 0.5) is 0 Å². The Labute approximate surface area is 112 Å². The average Bonchev–Trinajstić information content (AvgIpc) is 2.40. The topological polar surface area (TPSA) is 72.6 Å². The minimum atomic E-state index is -3.47. The van der Waals surface area contributed by atoms with Crippen molar-refractivity contribution in [2.24, 2.45) is 5.73 Å². The molecule has 1 aromatic rings. The summed E-state index contributed by atoms with van der Waals surface area (Å²) < 4.78 is 31.3. The van der Waals surface area contributed by atoms with Crippen LogP contribution in [0.15, 0.2) is 23.1 Å². The van der Waals surface area contributed by atoms with Gasteiger partial charge in [0.1, 0.15) is 0 Å². The second-order valence-electron chi connectivity index (χ2n) is 3.97. The lowest BCUT2D eigenvalue weighted by Gasteiger charge is -2.26. The van der Waals surface area contributed by atoms with Crippen LogP contribution in [-0.2, 0) is 21.3 Å². The number of morpholine rings is 1. The van der Waals surface area contributed by atoms with E-state index in [1.54, 1.807) is 6.07 Å². The first kappa shape index (κ1) is 13.8. The SMILES string of the molecule is NCc1cc(S(=O)(=O)N2CCOCC2)ccc1Cl. The zero-order chi connectivity index (χ0) is 13.2. The van der Waals surface area contributed by atoms with Gasteiger partial charge < -0.3 is 10.5 Å². The largest absolute Gasteiger partial charge is 0.379 e. The smallest absolute Gasteiger partial charge is 0.243 e. The summed E-state index contributed by atoms with van der Waals surface area (Å²) in [5.41, 5.74) is 6.16. The van der Waals surface area contributed by atoms with Crippen molar-refractivity contribution in [2.45, 2.75) is 11.4 Å². The van der Waals surface area contributed by atoms with E-state index in [1.165, 1.54) is 16.4 Å². The molecule has 1 fully saturated rings. The second kappa shape index (κ2) is 5.54. The van der Waals surface area contributed by atoms with Crippen LogP contribution in [0.25, 0.3) is 0 Å². The van der Waals surface area contributed by atoms with E-state index in [0.717, 1.165) is 0 Å². The number of benzene rings is 1. The molecule has 2 N–H and O–H groups in total. The second-order valence-corrected chi connectivity index (χ2v) is 6.32. The van der Waals surface area contributed by atoms with E-state index in [-0.39, 0.29) is 11.4 Å². The molecule has 100 valence electrons. The number of rotatable bonds is 3. The summed E-state index contributed by atoms with van der Waals surface area (Å²) in [4.78, 5) is 0.231. The van der Waals surface area contributed by atoms with E-state index in [4.69, 9.17) is 22.1 Å². The van der Waals surface area contributed by atoms with Crippen LogP contribution >= 0.6 is 11.6 Å². The molecule has 7 heteroatoms. The van der Waals surface area contributed by atoms with Crippen LogP contribution < -0.4 is 5.73 Å². The van der Waals surface area contributed by atoms with E-state index >= 15 is 0 Å². The Morgan fingerprint density at radius 1 is 1.33 bits per heavy atom. The van der Waals surface area contributed by atoms with Gasteiger partial charge in [-0.25, -0.2) is 8.42 Å². The summed E-state index contributed by atoms with van der Waals surface area (Å²) in [7, 11) is -3.47. The average molecular weight is 291 g/mol. The molecule has 0 amide bonds. The number of nitrogens with two attached hydrogens (primary N) is 1. The summed E-state index contributed by atoms with van der Waals surface area (Å²) in [6, 6.07) is 4.61. The third-order valence-corrected chi connectivity index (χ3v) is 5.11. The normalized spacial score (nSPS) is 17.9. The fourth-order valence-electron chi connectivity index (χ4n) is 1.80. The van der Waals surface area contributed by atoms with Gasteiger partial charge in [0, 0.05) is 24.7 Å². The summed E-state index contributed by atoms with van der Waals surface area (Å²) in [5, 5.41) is 0.485. The van der Waals surface area contributed by atoms with Crippen molar-refractivity contribution in [1.82, 2.24) is 4.31 Å². The van der Waals surface area contributed by atoms with Crippen molar-refractivity contribution in [2.75, 3.05) is 26.3 Å². The van der Waals surface area contributed by atoms with Gasteiger partial charge in [-0.1, -0.05) is 11.6 Å². The number of nitrogens with zero attached hydrogens (tertiary/aromatic N) is 1. The minimum absolute atomic E-state index is 0.214. The van der Waals surface area contributed by atoms with Gasteiger partial charge in [-0.05, 0) is 23.8 Å². The molecule has 0 bridgehead atoms. The fourth-order valence-corrected chi connectivity index (χ4v) is 3.46. The van der Waals surface area contributed by atoms with Gasteiger partial charge in [0.05, 0.1) is 18.1 Å². The third-order valence-electron chi connectivity index (χ3n) is 2.84. The maximum absolute atomic E-state index is 12.4. The Bertz CT molecular complexity index is 527. The van der Waals surface area contributed by atoms with Crippen molar-refractivity contribution >= 4 is 21.6 Å². The van der Waals surface area contributed by atoms with Gasteiger partial charge in [0.2, 0.25) is 10.0 Å². The van der Waals surface area contributed by atoms with Crippen molar-refractivity contribution in [3.05, 3.63) is 28.8 Å². The third kappa shape index (κ3) is 2.67. The Morgan fingerprint density at radius 3 is 2.61 bits per heavy atom. The molecule has 1 aliphatic rings. The highest BCUT2D eigenvalue weighted by molar-refractivity contribution is 7.89. The summed E-state index contributed by atoms with van der Waals surface area (Å²) in [6.45, 7) is 1.82. The molecule has 1 saturated heterocycles. The molecule has 0 unspecified atom stereocenters. The molecular formula is C11H15ClN2O3S. The lowest BCUT2D eigenvalue weighted by Crippen LogP contribution is -2.40. The van der Waals surface area contributed by atoms with Crippen molar-refractivity contribution < 1.29 is 13.2 Å². The van der Waals surface area contributed by atoms with Gasteiger partial charge in [0.25, 0.3) is 0 Å². The van der Waals surface area contributed by atoms with E-state index in [9.17, 15) is 8.42 Å². The summed E-state index contributed by atoms with van der Waals surface area (Å²) in [6.07, 6.45) is 0. The van der Waals surface area contributed by atoms with Gasteiger partial charge in [-0.2, -0.15) is 4.31 Å². The molecule has 1 aliphatic heterocycles. The molecular weight excluding hydrogens is 276 g/mol. The van der Waals surface area contributed by atoms with Crippen LogP contribution in [0.2, 0.25) is 5.02 Å². The molecule has 2 rings (SSSR count). The summed E-state index contributed by atoms with van der Waals surface area (Å²) in [5.74, 6) is 0. The Hall–Kier alpha value is -0.660. The van der Waals surface area contributed by atoms with Crippen LogP contribution in [0, 0.1) is 0 Å². The first-order chi connectivity index (χ1) is 8.55. The predicted molar refractivity (Wildman–Crippen MR) is 68.9 cm³/mol. The first-order valence-electron chi connectivity index (χ1n) is 5.62. The minimum Gasteiger partial charge on any atom is -0.379 e. The van der Waals surface area contributed by atoms with E-state index in [2.05, 4.69) is 0 Å². The van der Waals surface area contributed by atoms with E-state index in [0.29, 0.717) is 36.9 Å². The van der Waals surface area contributed by atoms with E-state index in [1.807, 2.05) is 0 Å². The van der Waals surface area contributed by atoms with E-state index < -0.39 is 10.0 Å². The quantitative estimate of drug-likeness (QED) is 0.894. The molecule has 0 radical (unpaired) electrons. The van der Waals surface area contributed by atoms with Crippen LogP contribution in [0.1, 0.15) is 5.56 Å². The van der Waals surface area contributed by atoms with Gasteiger partial charge in [-0.15, -0.1) is 0 Å². The number of halogens is 1. The Morgan fingerprint density at radius 2 is 2.00 bits per heavy atom. The molecule has 0 aromatic heterocycles. The molecule has 5 nitrogen and oxygen atoms in total. The van der Waals surface area contributed by atoms with Gasteiger partial charge >= 0.3 is 0 Å². The zero-order valence-corrected chi connectivity index (χ0v) is 11.4. The maximum Gasteiger partial charge on any atom is 0.243 e. The van der Waals surface area contributed by atoms with Crippen molar-refractivity contribution in [3.8, 4) is 0 Å². The summed E-state index contributed by atoms with van der Waals surface area (Å²) >= 11 is 5.92. The maximum atomic E-state index is 12.4. The molecule has 18 heavy (non-hydrogen) atoms. The number of ether oxygens (including phenoxy) is 1. The lowest BCUT2D eigenvalue weighted by atomic mass is 10.2.